The van der Waals surface area contributed by atoms with Crippen molar-refractivity contribution < 1.29 is 14.3 Å². The third kappa shape index (κ3) is 5.06. The number of rotatable bonds is 9. The van der Waals surface area contributed by atoms with Crippen LogP contribution in [-0.2, 0) is 11.3 Å². The highest BCUT2D eigenvalue weighted by molar-refractivity contribution is 5.96. The van der Waals surface area contributed by atoms with E-state index in [-0.39, 0.29) is 24.9 Å². The first-order valence-electron chi connectivity index (χ1n) is 9.24. The van der Waals surface area contributed by atoms with E-state index >= 15 is 0 Å². The van der Waals surface area contributed by atoms with E-state index in [1.54, 1.807) is 28.7 Å². The molecule has 146 valence electrons. The molecule has 8 heteroatoms. The van der Waals surface area contributed by atoms with Crippen molar-refractivity contribution in [1.82, 2.24) is 25.2 Å². The molecular weight excluding hydrogens is 358 g/mol. The van der Waals surface area contributed by atoms with E-state index in [1.165, 1.54) is 0 Å². The van der Waals surface area contributed by atoms with Gasteiger partial charge in [0.1, 0.15) is 5.75 Å². The molecular formula is C20H23N5O3. The highest BCUT2D eigenvalue weighted by atomic mass is 16.5. The zero-order valence-electron chi connectivity index (χ0n) is 15.7. The third-order valence-electron chi connectivity index (χ3n) is 4.12. The van der Waals surface area contributed by atoms with Crippen LogP contribution >= 0.6 is 0 Å². The van der Waals surface area contributed by atoms with Gasteiger partial charge in [-0.05, 0) is 42.8 Å². The summed E-state index contributed by atoms with van der Waals surface area (Å²) >= 11 is 0. The van der Waals surface area contributed by atoms with Gasteiger partial charge in [-0.3, -0.25) is 14.0 Å². The lowest BCUT2D eigenvalue weighted by atomic mass is 10.2. The molecule has 0 aliphatic heterocycles. The van der Waals surface area contributed by atoms with Crippen LogP contribution in [0.25, 0.3) is 5.65 Å². The van der Waals surface area contributed by atoms with Gasteiger partial charge in [-0.15, -0.1) is 10.2 Å². The average molecular weight is 381 g/mol. The van der Waals surface area contributed by atoms with Crippen LogP contribution in [-0.4, -0.2) is 39.6 Å². The van der Waals surface area contributed by atoms with Gasteiger partial charge in [0.25, 0.3) is 5.91 Å². The molecule has 28 heavy (non-hydrogen) atoms. The minimum atomic E-state index is -0.316. The first-order valence-corrected chi connectivity index (χ1v) is 9.24. The van der Waals surface area contributed by atoms with Gasteiger partial charge >= 0.3 is 0 Å². The number of carbonyl (C=O) groups excluding carboxylic acids is 2. The predicted molar refractivity (Wildman–Crippen MR) is 104 cm³/mol. The number of nitrogens with one attached hydrogen (secondary N) is 2. The lowest BCUT2D eigenvalue weighted by Gasteiger charge is -2.08. The van der Waals surface area contributed by atoms with Crippen molar-refractivity contribution in [2.75, 3.05) is 13.2 Å². The number of carbonyl (C=O) groups is 2. The summed E-state index contributed by atoms with van der Waals surface area (Å²) in [6.07, 6.45) is 3.88. The number of ether oxygens (including phenoxy) is 1. The second kappa shape index (κ2) is 9.50. The van der Waals surface area contributed by atoms with Gasteiger partial charge in [0.15, 0.2) is 11.5 Å². The molecule has 8 nitrogen and oxygen atoms in total. The van der Waals surface area contributed by atoms with Crippen LogP contribution in [0.1, 0.15) is 35.9 Å². The van der Waals surface area contributed by atoms with E-state index in [9.17, 15) is 9.59 Å². The van der Waals surface area contributed by atoms with Crippen molar-refractivity contribution >= 4 is 17.5 Å². The van der Waals surface area contributed by atoms with E-state index in [2.05, 4.69) is 27.8 Å². The lowest BCUT2D eigenvalue weighted by molar-refractivity contribution is -0.120. The lowest BCUT2D eigenvalue weighted by Crippen LogP contribution is -2.36. The molecule has 0 aliphatic carbocycles. The Balaban J connectivity index is 1.44. The van der Waals surface area contributed by atoms with Gasteiger partial charge in [-0.2, -0.15) is 0 Å². The molecule has 0 atom stereocenters. The topological polar surface area (TPSA) is 97.6 Å². The summed E-state index contributed by atoms with van der Waals surface area (Å²) in [6, 6.07) is 12.4. The summed E-state index contributed by atoms with van der Waals surface area (Å²) in [7, 11) is 0. The number of nitrogens with zero attached hydrogens (tertiary/aromatic N) is 3. The molecule has 3 aromatic rings. The molecule has 0 aliphatic rings. The smallest absolute Gasteiger partial charge is 0.251 e. The zero-order chi connectivity index (χ0) is 19.8. The summed E-state index contributed by atoms with van der Waals surface area (Å²) in [4.78, 5) is 24.2. The fourth-order valence-electron chi connectivity index (χ4n) is 2.55. The van der Waals surface area contributed by atoms with Crippen molar-refractivity contribution in [3.05, 3.63) is 60.0 Å². The Bertz CT molecular complexity index is 936. The van der Waals surface area contributed by atoms with E-state index in [1.807, 2.05) is 24.4 Å². The number of aromatic nitrogens is 3. The molecule has 3 rings (SSSR count). The Kier molecular flexibility index (Phi) is 6.56. The maximum Gasteiger partial charge on any atom is 0.251 e. The second-order valence-electron chi connectivity index (χ2n) is 6.23. The number of amides is 2. The molecule has 2 N–H and O–H groups in total. The monoisotopic (exact) mass is 381 g/mol. The summed E-state index contributed by atoms with van der Waals surface area (Å²) in [5.74, 6) is 0.723. The normalized spacial score (nSPS) is 10.6. The van der Waals surface area contributed by atoms with E-state index in [0.29, 0.717) is 23.6 Å². The number of hydrogen-bond acceptors (Lipinski definition) is 5. The van der Waals surface area contributed by atoms with Crippen molar-refractivity contribution in [3.63, 3.8) is 0 Å². The number of benzene rings is 1. The van der Waals surface area contributed by atoms with Gasteiger partial charge < -0.3 is 15.4 Å². The summed E-state index contributed by atoms with van der Waals surface area (Å²) in [5.41, 5.74) is 1.18. The minimum Gasteiger partial charge on any atom is -0.494 e. The first-order chi connectivity index (χ1) is 13.7. The molecule has 1 aromatic carbocycles. The van der Waals surface area contributed by atoms with Crippen LogP contribution in [0, 0.1) is 0 Å². The van der Waals surface area contributed by atoms with E-state index in [0.717, 1.165) is 18.6 Å². The standard InChI is InChI=1S/C20H23N5O3/c1-2-3-12-28-16-9-7-15(8-10-16)20(27)22-14-19(26)21-13-18-24-23-17-6-4-5-11-25(17)18/h4-11H,2-3,12-14H2,1H3,(H,21,26)(H,22,27). The molecule has 2 aromatic heterocycles. The number of fused-ring (bicyclic) bond motifs is 1. The molecule has 0 unspecified atom stereocenters. The first kappa shape index (κ1) is 19.3. The number of unbranched alkanes of at least 4 members (excludes halogenated alkanes) is 1. The third-order valence-corrected chi connectivity index (χ3v) is 4.12. The molecule has 0 radical (unpaired) electrons. The van der Waals surface area contributed by atoms with Gasteiger partial charge in [0, 0.05) is 11.8 Å². The Hall–Kier alpha value is -3.42. The quantitative estimate of drug-likeness (QED) is 0.552. The Morgan fingerprint density at radius 2 is 1.89 bits per heavy atom. The van der Waals surface area contributed by atoms with E-state index < -0.39 is 0 Å². The molecule has 0 spiro atoms. The van der Waals surface area contributed by atoms with Crippen LogP contribution in [0.2, 0.25) is 0 Å². The number of pyridine rings is 1. The Morgan fingerprint density at radius 3 is 2.68 bits per heavy atom. The van der Waals surface area contributed by atoms with Crippen LogP contribution in [0.4, 0.5) is 0 Å². The van der Waals surface area contributed by atoms with Crippen LogP contribution in [0.3, 0.4) is 0 Å². The maximum absolute atomic E-state index is 12.2. The van der Waals surface area contributed by atoms with Gasteiger partial charge in [0.05, 0.1) is 19.7 Å². The molecule has 2 heterocycles. The van der Waals surface area contributed by atoms with Crippen LogP contribution < -0.4 is 15.4 Å². The Labute approximate surface area is 162 Å². The van der Waals surface area contributed by atoms with Crippen molar-refractivity contribution in [2.45, 2.75) is 26.3 Å². The minimum absolute atomic E-state index is 0.121. The largest absolute Gasteiger partial charge is 0.494 e. The van der Waals surface area contributed by atoms with Crippen LogP contribution in [0.5, 0.6) is 5.75 Å². The van der Waals surface area contributed by atoms with Crippen molar-refractivity contribution in [2.24, 2.45) is 0 Å². The van der Waals surface area contributed by atoms with Gasteiger partial charge in [-0.25, -0.2) is 0 Å². The number of hydrogen-bond donors (Lipinski definition) is 2. The SMILES string of the molecule is CCCCOc1ccc(C(=O)NCC(=O)NCc2nnc3ccccn23)cc1. The highest BCUT2D eigenvalue weighted by Crippen LogP contribution is 2.12. The molecule has 0 saturated carbocycles. The van der Waals surface area contributed by atoms with Gasteiger partial charge in [0.2, 0.25) is 5.91 Å². The summed E-state index contributed by atoms with van der Waals surface area (Å²) in [5, 5.41) is 13.4. The fraction of sp³-hybridized carbons (Fsp3) is 0.300. The van der Waals surface area contributed by atoms with Crippen molar-refractivity contribution in [3.8, 4) is 5.75 Å². The fourth-order valence-corrected chi connectivity index (χ4v) is 2.55. The predicted octanol–water partition coefficient (Wildman–Crippen LogP) is 1.95. The summed E-state index contributed by atoms with van der Waals surface area (Å²) < 4.78 is 7.36. The summed E-state index contributed by atoms with van der Waals surface area (Å²) in [6.45, 7) is 2.86. The average Bonchev–Trinajstić information content (AvgIpc) is 3.14. The maximum atomic E-state index is 12.2. The zero-order valence-corrected chi connectivity index (χ0v) is 15.7. The van der Waals surface area contributed by atoms with Gasteiger partial charge in [-0.1, -0.05) is 19.4 Å². The molecule has 2 amide bonds. The van der Waals surface area contributed by atoms with Crippen LogP contribution in [0.15, 0.2) is 48.7 Å². The van der Waals surface area contributed by atoms with Crippen molar-refractivity contribution in [1.29, 1.82) is 0 Å². The highest BCUT2D eigenvalue weighted by Gasteiger charge is 2.10. The molecule has 0 bridgehead atoms. The molecule has 0 fully saturated rings. The van der Waals surface area contributed by atoms with E-state index in [4.69, 9.17) is 4.74 Å². The second-order valence-corrected chi connectivity index (χ2v) is 6.23. The molecule has 0 saturated heterocycles. The Morgan fingerprint density at radius 1 is 1.07 bits per heavy atom.